The summed E-state index contributed by atoms with van der Waals surface area (Å²) in [5, 5.41) is 4.65. The summed E-state index contributed by atoms with van der Waals surface area (Å²) < 4.78 is 32.3. The van der Waals surface area contributed by atoms with Crippen LogP contribution in [0.2, 0.25) is 0 Å². The van der Waals surface area contributed by atoms with Gasteiger partial charge in [-0.15, -0.1) is 0 Å². The van der Waals surface area contributed by atoms with Gasteiger partial charge >= 0.3 is 0 Å². The lowest BCUT2D eigenvalue weighted by molar-refractivity contribution is -0.659. The van der Waals surface area contributed by atoms with Crippen molar-refractivity contribution in [3.63, 3.8) is 0 Å². The molecular formula is C49H42F2N2+2. The van der Waals surface area contributed by atoms with Crippen molar-refractivity contribution in [3.8, 4) is 44.8 Å². The molecule has 8 rings (SSSR count). The van der Waals surface area contributed by atoms with Gasteiger partial charge in [-0.2, -0.15) is 0 Å². The van der Waals surface area contributed by atoms with Crippen LogP contribution in [0.25, 0.3) is 66.3 Å². The highest BCUT2D eigenvalue weighted by Crippen LogP contribution is 2.37. The van der Waals surface area contributed by atoms with Gasteiger partial charge in [-0.3, -0.25) is 0 Å². The fourth-order valence-corrected chi connectivity index (χ4v) is 7.91. The average molecular weight is 697 g/mol. The summed E-state index contributed by atoms with van der Waals surface area (Å²) in [6.45, 7) is 8.72. The molecule has 4 heteroatoms. The van der Waals surface area contributed by atoms with E-state index in [9.17, 15) is 8.78 Å². The molecular weight excluding hydrogens is 655 g/mol. The van der Waals surface area contributed by atoms with Crippen molar-refractivity contribution in [2.45, 2.75) is 34.1 Å². The highest BCUT2D eigenvalue weighted by Gasteiger charge is 2.23. The number of halogens is 2. The van der Waals surface area contributed by atoms with Crippen LogP contribution in [0, 0.1) is 39.3 Å². The van der Waals surface area contributed by atoms with Crippen LogP contribution in [-0.2, 0) is 20.5 Å². The van der Waals surface area contributed by atoms with Crippen LogP contribution in [0.4, 0.5) is 8.78 Å². The summed E-state index contributed by atoms with van der Waals surface area (Å²) in [7, 11) is 4.22. The van der Waals surface area contributed by atoms with Crippen molar-refractivity contribution in [3.05, 3.63) is 179 Å². The first kappa shape index (κ1) is 34.1. The second-order valence-corrected chi connectivity index (χ2v) is 14.5. The molecule has 0 fully saturated rings. The van der Waals surface area contributed by atoms with Crippen LogP contribution in [0.1, 0.15) is 33.4 Å². The second kappa shape index (κ2) is 13.5. The normalized spacial score (nSPS) is 11.5. The quantitative estimate of drug-likeness (QED) is 0.153. The van der Waals surface area contributed by atoms with Crippen molar-refractivity contribution < 1.29 is 17.9 Å². The van der Waals surface area contributed by atoms with Gasteiger partial charge in [0.1, 0.15) is 25.7 Å². The lowest BCUT2D eigenvalue weighted by Gasteiger charge is -2.16. The van der Waals surface area contributed by atoms with Gasteiger partial charge in [-0.25, -0.2) is 17.9 Å². The maximum absolute atomic E-state index is 14.1. The zero-order valence-electron chi connectivity index (χ0n) is 31.1. The number of aryl methyl sites for hydroxylation is 5. The van der Waals surface area contributed by atoms with Gasteiger partial charge in [0.15, 0.2) is 12.4 Å². The summed E-state index contributed by atoms with van der Waals surface area (Å²) in [6, 6.07) is 40.3. The third kappa shape index (κ3) is 6.40. The molecule has 0 radical (unpaired) electrons. The molecule has 0 saturated carbocycles. The van der Waals surface area contributed by atoms with E-state index in [0.29, 0.717) is 6.42 Å². The Morgan fingerprint density at radius 2 is 1.08 bits per heavy atom. The summed E-state index contributed by atoms with van der Waals surface area (Å²) in [6.07, 6.45) is 5.01. The summed E-state index contributed by atoms with van der Waals surface area (Å²) in [4.78, 5) is 0. The van der Waals surface area contributed by atoms with Crippen LogP contribution < -0.4 is 9.13 Å². The van der Waals surface area contributed by atoms with Crippen LogP contribution in [-0.4, -0.2) is 0 Å². The van der Waals surface area contributed by atoms with Crippen LogP contribution in [0.5, 0.6) is 0 Å². The predicted octanol–water partition coefficient (Wildman–Crippen LogP) is 11.4. The molecule has 0 saturated heterocycles. The number of hydrogen-bond acceptors (Lipinski definition) is 0. The molecule has 0 bridgehead atoms. The highest BCUT2D eigenvalue weighted by atomic mass is 19.1. The number of nitrogens with zero attached hydrogens (tertiary/aromatic N) is 2. The Labute approximate surface area is 310 Å². The molecule has 0 aliphatic rings. The van der Waals surface area contributed by atoms with Gasteiger partial charge in [0.25, 0.3) is 0 Å². The molecule has 0 aliphatic heterocycles. The molecule has 0 aliphatic carbocycles. The first-order valence-corrected chi connectivity index (χ1v) is 18.1. The fourth-order valence-electron chi connectivity index (χ4n) is 7.91. The van der Waals surface area contributed by atoms with Gasteiger partial charge in [-0.1, -0.05) is 66.2 Å². The average Bonchev–Trinajstić information content (AvgIpc) is 3.14. The first-order chi connectivity index (χ1) is 25.5. The molecule has 53 heavy (non-hydrogen) atoms. The molecule has 260 valence electrons. The summed E-state index contributed by atoms with van der Waals surface area (Å²) >= 11 is 0. The van der Waals surface area contributed by atoms with Crippen molar-refractivity contribution in [1.29, 1.82) is 0 Å². The Morgan fingerprint density at radius 1 is 0.472 bits per heavy atom. The summed E-state index contributed by atoms with van der Waals surface area (Å²) in [5.74, 6) is -0.484. The van der Waals surface area contributed by atoms with E-state index in [4.69, 9.17) is 0 Å². The molecule has 0 atom stereocenters. The van der Waals surface area contributed by atoms with Crippen molar-refractivity contribution in [2.75, 3.05) is 0 Å². The van der Waals surface area contributed by atoms with E-state index in [1.807, 2.05) is 24.3 Å². The number of aromatic nitrogens is 2. The number of benzene rings is 6. The van der Waals surface area contributed by atoms with Crippen LogP contribution >= 0.6 is 0 Å². The topological polar surface area (TPSA) is 7.76 Å². The minimum Gasteiger partial charge on any atom is -0.207 e. The summed E-state index contributed by atoms with van der Waals surface area (Å²) in [5.41, 5.74) is 16.1. The molecule has 2 nitrogen and oxygen atoms in total. The van der Waals surface area contributed by atoms with E-state index in [1.165, 1.54) is 85.2 Å². The second-order valence-electron chi connectivity index (χ2n) is 14.5. The van der Waals surface area contributed by atoms with E-state index >= 15 is 0 Å². The van der Waals surface area contributed by atoms with Gasteiger partial charge in [0, 0.05) is 17.7 Å². The molecule has 0 spiro atoms. The van der Waals surface area contributed by atoms with E-state index in [0.717, 1.165) is 38.7 Å². The standard InChI is InChI=1S/C49H42F2N2/c1-30-23-32(3)33(4)45(24-30)49-47-29-39(36-13-17-42(51)18-14-36)27-40(43(47)20-22-53(49)6)25-34-8-7-31(2)44(26-34)48-46-28-38(35-11-15-41(50)16-12-35)10-9-37(46)19-21-52(48)5/h7-24,26-29H,25H2,1-6H3/q+2. The lowest BCUT2D eigenvalue weighted by Crippen LogP contribution is -2.31. The van der Waals surface area contributed by atoms with E-state index < -0.39 is 0 Å². The Balaban J connectivity index is 1.31. The van der Waals surface area contributed by atoms with Gasteiger partial charge < -0.3 is 0 Å². The number of hydrogen-bond donors (Lipinski definition) is 0. The Kier molecular flexibility index (Phi) is 8.70. The number of pyridine rings is 2. The minimum atomic E-state index is -0.244. The predicted molar refractivity (Wildman–Crippen MR) is 214 cm³/mol. The van der Waals surface area contributed by atoms with Crippen LogP contribution in [0.3, 0.4) is 0 Å². The van der Waals surface area contributed by atoms with Gasteiger partial charge in [0.05, 0.1) is 16.3 Å². The maximum atomic E-state index is 14.1. The van der Waals surface area contributed by atoms with Gasteiger partial charge in [0.2, 0.25) is 11.4 Å². The highest BCUT2D eigenvalue weighted by molar-refractivity contribution is 5.99. The van der Waals surface area contributed by atoms with E-state index in [-0.39, 0.29) is 11.6 Å². The van der Waals surface area contributed by atoms with Crippen LogP contribution in [0.15, 0.2) is 134 Å². The van der Waals surface area contributed by atoms with E-state index in [2.05, 4.69) is 136 Å². The third-order valence-corrected chi connectivity index (χ3v) is 10.9. The molecule has 2 aromatic heterocycles. The monoisotopic (exact) mass is 696 g/mol. The SMILES string of the molecule is Cc1cc(C)c(C)c(-c2c3cc(-c4ccc(F)cc4)cc(Cc4ccc(C)c(-c5c6cc(-c7ccc(F)cc7)ccc6cc[n+]5C)c4)c3cc[n+]2C)c1. The molecule has 0 amide bonds. The van der Waals surface area contributed by atoms with Gasteiger partial charge in [-0.05, 0) is 143 Å². The van der Waals surface area contributed by atoms with Crippen molar-refractivity contribution >= 4 is 21.5 Å². The minimum absolute atomic E-state index is 0.240. The Bertz CT molecular complexity index is 2710. The Hall–Kier alpha value is -6.00. The van der Waals surface area contributed by atoms with Crippen molar-refractivity contribution in [1.82, 2.24) is 0 Å². The maximum Gasteiger partial charge on any atom is 0.220 e. The molecule has 2 heterocycles. The van der Waals surface area contributed by atoms with Crippen molar-refractivity contribution in [2.24, 2.45) is 14.1 Å². The zero-order valence-corrected chi connectivity index (χ0v) is 31.1. The first-order valence-electron chi connectivity index (χ1n) is 18.1. The number of rotatable bonds is 6. The fraction of sp³-hybridized carbons (Fsp3) is 0.143. The largest absolute Gasteiger partial charge is 0.220 e. The smallest absolute Gasteiger partial charge is 0.207 e. The Morgan fingerprint density at radius 3 is 1.77 bits per heavy atom. The molecule has 0 N–H and O–H groups in total. The molecule has 6 aromatic carbocycles. The van der Waals surface area contributed by atoms with E-state index in [1.54, 1.807) is 0 Å². The number of fused-ring (bicyclic) bond motifs is 2. The lowest BCUT2D eigenvalue weighted by atomic mass is 9.89. The third-order valence-electron chi connectivity index (χ3n) is 10.9. The molecule has 0 unspecified atom stereocenters. The molecule has 8 aromatic rings. The zero-order chi connectivity index (χ0) is 37.0.